The van der Waals surface area contributed by atoms with Crippen LogP contribution in [0.25, 0.3) is 0 Å². The van der Waals surface area contributed by atoms with Crippen molar-refractivity contribution < 1.29 is 19.0 Å². The molecule has 0 radical (unpaired) electrons. The van der Waals surface area contributed by atoms with E-state index in [0.717, 1.165) is 43.5 Å². The zero-order valence-corrected chi connectivity index (χ0v) is 28.8. The highest BCUT2D eigenvalue weighted by Crippen LogP contribution is 2.39. The van der Waals surface area contributed by atoms with Crippen molar-refractivity contribution in [1.29, 1.82) is 0 Å². The summed E-state index contributed by atoms with van der Waals surface area (Å²) in [6, 6.07) is 33.3. The standard InChI is InChI=1S/C42H51NO4/c1-6-12-31-17-24-38-36(27-31)21-19-34-18-20-35(30(4)33-13-10-9-11-14-33)29-39(34)41(38)43(5)25-26-47-37-22-15-32(16-23-37)28-40(45-7-2)42(44)46-8-3/h9-11,13-18,20,22-24,27,29-30,40-41H,6-8,12,19,21,25-26,28H2,1-5H3. The summed E-state index contributed by atoms with van der Waals surface area (Å²) in [6.45, 7) is 10.4. The van der Waals surface area contributed by atoms with E-state index < -0.39 is 6.10 Å². The molecule has 0 spiro atoms. The maximum Gasteiger partial charge on any atom is 0.335 e. The van der Waals surface area contributed by atoms with Crippen LogP contribution < -0.4 is 4.74 Å². The first kappa shape index (κ1) is 34.4. The van der Waals surface area contributed by atoms with Gasteiger partial charge in [0, 0.05) is 25.5 Å². The first-order valence-electron chi connectivity index (χ1n) is 17.4. The van der Waals surface area contributed by atoms with Gasteiger partial charge < -0.3 is 14.2 Å². The number of ether oxygens (including phenoxy) is 3. The Kier molecular flexibility index (Phi) is 12.3. The molecule has 0 fully saturated rings. The van der Waals surface area contributed by atoms with Gasteiger partial charge in [0.15, 0.2) is 6.10 Å². The molecule has 4 aromatic carbocycles. The van der Waals surface area contributed by atoms with Crippen LogP contribution in [0, 0.1) is 0 Å². The van der Waals surface area contributed by atoms with Crippen LogP contribution in [0.4, 0.5) is 0 Å². The Hall–Kier alpha value is -3.93. The van der Waals surface area contributed by atoms with Crippen LogP contribution in [0.1, 0.15) is 90.6 Å². The Morgan fingerprint density at radius 1 is 0.809 bits per heavy atom. The first-order chi connectivity index (χ1) is 22.9. The number of carbonyl (C=O) groups is 1. The van der Waals surface area contributed by atoms with Gasteiger partial charge in [-0.2, -0.15) is 0 Å². The number of rotatable bonds is 15. The molecule has 248 valence electrons. The predicted molar refractivity (Wildman–Crippen MR) is 190 cm³/mol. The quantitative estimate of drug-likeness (QED) is 0.123. The second kappa shape index (κ2) is 16.8. The Morgan fingerprint density at radius 3 is 2.28 bits per heavy atom. The molecular weight excluding hydrogens is 582 g/mol. The molecule has 3 atom stereocenters. The normalized spacial score (nSPS) is 15.3. The molecule has 5 heteroatoms. The summed E-state index contributed by atoms with van der Waals surface area (Å²) < 4.78 is 17.1. The molecule has 47 heavy (non-hydrogen) atoms. The van der Waals surface area contributed by atoms with E-state index in [0.29, 0.717) is 32.2 Å². The second-order valence-corrected chi connectivity index (χ2v) is 12.6. The molecule has 5 rings (SSSR count). The van der Waals surface area contributed by atoms with Crippen LogP contribution >= 0.6 is 0 Å². The van der Waals surface area contributed by atoms with Crippen molar-refractivity contribution in [3.05, 3.63) is 136 Å². The van der Waals surface area contributed by atoms with Gasteiger partial charge in [-0.1, -0.05) is 99.1 Å². The van der Waals surface area contributed by atoms with Crippen LogP contribution in [0.15, 0.2) is 91.0 Å². The molecule has 3 unspecified atom stereocenters. The van der Waals surface area contributed by atoms with Gasteiger partial charge in [-0.15, -0.1) is 0 Å². The Balaban J connectivity index is 1.34. The van der Waals surface area contributed by atoms with Crippen molar-refractivity contribution in [2.75, 3.05) is 33.4 Å². The number of nitrogens with zero attached hydrogens (tertiary/aromatic N) is 1. The Labute approximate surface area is 281 Å². The third kappa shape index (κ3) is 8.71. The fourth-order valence-electron chi connectivity index (χ4n) is 6.82. The van der Waals surface area contributed by atoms with E-state index in [4.69, 9.17) is 14.2 Å². The molecule has 1 aliphatic carbocycles. The maximum atomic E-state index is 12.3. The molecule has 0 amide bonds. The van der Waals surface area contributed by atoms with E-state index in [2.05, 4.69) is 92.5 Å². The predicted octanol–water partition coefficient (Wildman–Crippen LogP) is 8.50. The minimum Gasteiger partial charge on any atom is -0.492 e. The molecule has 5 nitrogen and oxygen atoms in total. The van der Waals surface area contributed by atoms with Crippen LogP contribution in [0.2, 0.25) is 0 Å². The van der Waals surface area contributed by atoms with Gasteiger partial charge in [-0.3, -0.25) is 4.90 Å². The molecule has 1 aliphatic rings. The van der Waals surface area contributed by atoms with Crippen LogP contribution in [-0.2, 0) is 40.0 Å². The average Bonchev–Trinajstić information content (AvgIpc) is 3.25. The Morgan fingerprint density at radius 2 is 1.55 bits per heavy atom. The summed E-state index contributed by atoms with van der Waals surface area (Å²) in [4.78, 5) is 14.8. The minimum absolute atomic E-state index is 0.144. The van der Waals surface area contributed by atoms with Gasteiger partial charge in [-0.25, -0.2) is 4.79 Å². The van der Waals surface area contributed by atoms with Crippen molar-refractivity contribution in [1.82, 2.24) is 4.90 Å². The van der Waals surface area contributed by atoms with Crippen molar-refractivity contribution >= 4 is 5.97 Å². The minimum atomic E-state index is -0.597. The molecule has 0 N–H and O–H groups in total. The molecule has 0 aliphatic heterocycles. The van der Waals surface area contributed by atoms with Gasteiger partial charge in [0.1, 0.15) is 12.4 Å². The monoisotopic (exact) mass is 633 g/mol. The third-order valence-corrected chi connectivity index (χ3v) is 9.38. The van der Waals surface area contributed by atoms with Crippen LogP contribution in [0.3, 0.4) is 0 Å². The van der Waals surface area contributed by atoms with E-state index in [1.54, 1.807) is 0 Å². The van der Waals surface area contributed by atoms with E-state index in [1.807, 2.05) is 38.1 Å². The maximum absolute atomic E-state index is 12.3. The Bertz CT molecular complexity index is 1580. The highest BCUT2D eigenvalue weighted by Gasteiger charge is 2.28. The summed E-state index contributed by atoms with van der Waals surface area (Å²) in [5, 5.41) is 0. The lowest BCUT2D eigenvalue weighted by atomic mass is 9.87. The van der Waals surface area contributed by atoms with Crippen LogP contribution in [-0.4, -0.2) is 50.4 Å². The summed E-state index contributed by atoms with van der Waals surface area (Å²) in [6.07, 6.45) is 4.24. The largest absolute Gasteiger partial charge is 0.492 e. The summed E-state index contributed by atoms with van der Waals surface area (Å²) in [5.41, 5.74) is 10.8. The van der Waals surface area contributed by atoms with E-state index in [-0.39, 0.29) is 12.0 Å². The number of carbonyl (C=O) groups excluding carboxylic acids is 1. The average molecular weight is 634 g/mol. The molecule has 0 saturated carbocycles. The molecule has 4 aromatic rings. The van der Waals surface area contributed by atoms with E-state index in [9.17, 15) is 4.79 Å². The summed E-state index contributed by atoms with van der Waals surface area (Å²) in [7, 11) is 2.23. The number of fused-ring (bicyclic) bond motifs is 2. The summed E-state index contributed by atoms with van der Waals surface area (Å²) in [5.74, 6) is 0.813. The van der Waals surface area contributed by atoms with Gasteiger partial charge in [0.05, 0.1) is 12.6 Å². The molecule has 0 heterocycles. The number of hydrogen-bond donors (Lipinski definition) is 0. The molecule has 0 aromatic heterocycles. The van der Waals surface area contributed by atoms with Crippen molar-refractivity contribution in [2.24, 2.45) is 0 Å². The van der Waals surface area contributed by atoms with Gasteiger partial charge >= 0.3 is 5.97 Å². The molecule has 0 saturated heterocycles. The lowest BCUT2D eigenvalue weighted by Gasteiger charge is -2.31. The lowest BCUT2D eigenvalue weighted by molar-refractivity contribution is -0.156. The number of esters is 1. The number of hydrogen-bond acceptors (Lipinski definition) is 5. The SMILES string of the molecule is CCCc1ccc2c(c1)CCc1ccc(C(C)c3ccccc3)cc1C2N(C)CCOc1ccc(CC(OCC)C(=O)OCC)cc1. The van der Waals surface area contributed by atoms with Crippen molar-refractivity contribution in [2.45, 2.75) is 77.9 Å². The van der Waals surface area contributed by atoms with Gasteiger partial charge in [0.25, 0.3) is 0 Å². The second-order valence-electron chi connectivity index (χ2n) is 12.6. The smallest absolute Gasteiger partial charge is 0.335 e. The highest BCUT2D eigenvalue weighted by molar-refractivity contribution is 5.75. The van der Waals surface area contributed by atoms with Crippen molar-refractivity contribution in [3.8, 4) is 5.75 Å². The highest BCUT2D eigenvalue weighted by atomic mass is 16.6. The fraction of sp³-hybridized carbons (Fsp3) is 0.405. The first-order valence-corrected chi connectivity index (χ1v) is 17.4. The van der Waals surface area contributed by atoms with Crippen LogP contribution in [0.5, 0.6) is 5.75 Å². The summed E-state index contributed by atoms with van der Waals surface area (Å²) >= 11 is 0. The molecular formula is C42H51NO4. The molecule has 0 bridgehead atoms. The van der Waals surface area contributed by atoms with Crippen molar-refractivity contribution in [3.63, 3.8) is 0 Å². The van der Waals surface area contributed by atoms with E-state index in [1.165, 1.54) is 38.9 Å². The van der Waals surface area contributed by atoms with E-state index >= 15 is 0 Å². The number of benzene rings is 4. The third-order valence-electron chi connectivity index (χ3n) is 9.38. The lowest BCUT2D eigenvalue weighted by Crippen LogP contribution is -2.30. The van der Waals surface area contributed by atoms with Gasteiger partial charge in [-0.05, 0) is 96.8 Å². The fourth-order valence-corrected chi connectivity index (χ4v) is 6.82. The van der Waals surface area contributed by atoms with Gasteiger partial charge in [0.2, 0.25) is 0 Å². The zero-order valence-electron chi connectivity index (χ0n) is 28.8. The topological polar surface area (TPSA) is 48.0 Å². The number of aryl methyl sites for hydroxylation is 3. The number of likely N-dealkylation sites (N-methyl/N-ethyl adjacent to an activating group) is 1. The zero-order chi connectivity index (χ0) is 33.2.